The van der Waals surface area contributed by atoms with E-state index in [-0.39, 0.29) is 54.4 Å². The highest BCUT2D eigenvalue weighted by atomic mass is 19.4. The Morgan fingerprint density at radius 1 is 0.982 bits per heavy atom. The van der Waals surface area contributed by atoms with Gasteiger partial charge in [-0.1, -0.05) is 58.7 Å². The summed E-state index contributed by atoms with van der Waals surface area (Å²) in [5.74, 6) is -6.49. The number of H-pyrrole nitrogens is 1. The number of para-hydroxylation sites is 1. The van der Waals surface area contributed by atoms with Crippen molar-refractivity contribution in [1.29, 1.82) is 0 Å². The molecule has 296 valence electrons. The summed E-state index contributed by atoms with van der Waals surface area (Å²) < 4.78 is 81.4. The minimum absolute atomic E-state index is 0.0451. The first kappa shape index (κ1) is 40.8. The number of carbonyl (C=O) groups excluding carboxylic acids is 4. The van der Waals surface area contributed by atoms with E-state index in [0.717, 1.165) is 24.3 Å². The fourth-order valence-electron chi connectivity index (χ4n) is 6.77. The predicted octanol–water partition coefficient (Wildman–Crippen LogP) is 6.05. The van der Waals surface area contributed by atoms with Crippen molar-refractivity contribution < 1.29 is 50.4 Å². The standard InChI is InChI=1S/C38H43F5N6O6/c1-6-19(4)29(45-28(50)17-22-25(39)13-10-14-26(22)40)33(51)48-37(16-15-27-23(18-37)21-11-9-12-24(31(21)44-27)38(41,42)43)36(53)46-30(20(5)7-2)34-47-32(49-55-34)35(52)54-8-3/h9-14,19-20,29-30,44H,6-8,15-18H2,1-5H3,(H,45,50)(H,46,53)(H,48,51)/t19?,20?,29?,30-,37?/m0/s1. The van der Waals surface area contributed by atoms with Crippen LogP contribution in [0.25, 0.3) is 10.9 Å². The van der Waals surface area contributed by atoms with Gasteiger partial charge in [0.25, 0.3) is 5.82 Å². The van der Waals surface area contributed by atoms with Crippen LogP contribution >= 0.6 is 0 Å². The lowest BCUT2D eigenvalue weighted by Gasteiger charge is -2.39. The fourth-order valence-corrected chi connectivity index (χ4v) is 6.77. The normalized spacial score (nSPS) is 17.8. The number of amides is 3. The van der Waals surface area contributed by atoms with Gasteiger partial charge in [0, 0.05) is 23.1 Å². The van der Waals surface area contributed by atoms with Crippen molar-refractivity contribution in [2.24, 2.45) is 11.8 Å². The molecule has 5 rings (SSSR count). The molecule has 17 heteroatoms. The molecule has 2 heterocycles. The van der Waals surface area contributed by atoms with Crippen LogP contribution in [-0.4, -0.2) is 57.0 Å². The number of hydrogen-bond donors (Lipinski definition) is 4. The molecular weight excluding hydrogens is 731 g/mol. The predicted molar refractivity (Wildman–Crippen MR) is 188 cm³/mol. The van der Waals surface area contributed by atoms with Crippen LogP contribution in [0, 0.1) is 23.5 Å². The Balaban J connectivity index is 1.53. The van der Waals surface area contributed by atoms with Crippen LogP contribution in [0.3, 0.4) is 0 Å². The van der Waals surface area contributed by atoms with Gasteiger partial charge in [-0.05, 0) is 60.5 Å². The SMILES string of the molecule is CCOC(=O)c1noc([C@@H](NC(=O)C2(NC(=O)C(NC(=O)Cc3c(F)cccc3F)C(C)CC)CCc3[nH]c4c(C(F)(F)F)cccc4c3C2)C(C)CC)n1. The summed E-state index contributed by atoms with van der Waals surface area (Å²) in [5, 5.41) is 12.2. The molecule has 1 aliphatic rings. The Labute approximate surface area is 313 Å². The van der Waals surface area contributed by atoms with Crippen LogP contribution < -0.4 is 16.0 Å². The quantitative estimate of drug-likeness (QED) is 0.0888. The molecule has 0 aliphatic heterocycles. The van der Waals surface area contributed by atoms with Crippen molar-refractivity contribution in [2.75, 3.05) is 6.61 Å². The zero-order valence-electron chi connectivity index (χ0n) is 31.0. The number of nitrogens with zero attached hydrogens (tertiary/aromatic N) is 2. The lowest BCUT2D eigenvalue weighted by atomic mass is 9.78. The van der Waals surface area contributed by atoms with Gasteiger partial charge in [-0.25, -0.2) is 13.6 Å². The van der Waals surface area contributed by atoms with Crippen LogP contribution in [0.4, 0.5) is 22.0 Å². The summed E-state index contributed by atoms with van der Waals surface area (Å²) in [6.45, 7) is 8.71. The van der Waals surface area contributed by atoms with Crippen molar-refractivity contribution in [2.45, 2.75) is 96.9 Å². The molecule has 2 aromatic heterocycles. The molecule has 0 fully saturated rings. The van der Waals surface area contributed by atoms with Gasteiger partial charge < -0.3 is 30.2 Å². The number of fused-ring (bicyclic) bond motifs is 3. The number of aromatic nitrogens is 3. The number of halogens is 5. The molecule has 0 spiro atoms. The van der Waals surface area contributed by atoms with Crippen LogP contribution in [0.15, 0.2) is 40.9 Å². The maximum absolute atomic E-state index is 14.7. The number of esters is 1. The van der Waals surface area contributed by atoms with E-state index in [9.17, 15) is 41.1 Å². The number of benzene rings is 2. The summed E-state index contributed by atoms with van der Waals surface area (Å²) >= 11 is 0. The van der Waals surface area contributed by atoms with Crippen molar-refractivity contribution in [3.05, 3.63) is 82.1 Å². The Kier molecular flexibility index (Phi) is 12.3. The van der Waals surface area contributed by atoms with Gasteiger partial charge in [-0.2, -0.15) is 18.2 Å². The molecule has 3 amide bonds. The molecule has 12 nitrogen and oxygen atoms in total. The average molecular weight is 775 g/mol. The number of ether oxygens (including phenoxy) is 1. The fraction of sp³-hybridized carbons (Fsp3) is 0.474. The Morgan fingerprint density at radius 3 is 2.29 bits per heavy atom. The largest absolute Gasteiger partial charge is 0.460 e. The summed E-state index contributed by atoms with van der Waals surface area (Å²) in [7, 11) is 0. The van der Waals surface area contributed by atoms with Gasteiger partial charge in [-0.3, -0.25) is 14.4 Å². The number of aromatic amines is 1. The Bertz CT molecular complexity index is 2040. The van der Waals surface area contributed by atoms with E-state index in [2.05, 4.69) is 31.1 Å². The molecule has 4 N–H and O–H groups in total. The molecule has 55 heavy (non-hydrogen) atoms. The zero-order chi connectivity index (χ0) is 40.2. The summed E-state index contributed by atoms with van der Waals surface area (Å²) in [6, 6.07) is 4.60. The van der Waals surface area contributed by atoms with Gasteiger partial charge in [0.1, 0.15) is 29.3 Å². The summed E-state index contributed by atoms with van der Waals surface area (Å²) in [6.07, 6.45) is -4.83. The summed E-state index contributed by atoms with van der Waals surface area (Å²) in [4.78, 5) is 61.6. The molecule has 0 saturated carbocycles. The molecule has 0 bridgehead atoms. The molecule has 2 aromatic carbocycles. The third-order valence-electron chi connectivity index (χ3n) is 10.3. The second kappa shape index (κ2) is 16.6. The molecule has 0 saturated heterocycles. The highest BCUT2D eigenvalue weighted by molar-refractivity contribution is 5.97. The van der Waals surface area contributed by atoms with Crippen LogP contribution in [-0.2, 0) is 44.6 Å². The van der Waals surface area contributed by atoms with Gasteiger partial charge in [0.05, 0.1) is 24.1 Å². The average Bonchev–Trinajstić information content (AvgIpc) is 3.78. The highest BCUT2D eigenvalue weighted by Crippen LogP contribution is 2.40. The second-order valence-electron chi connectivity index (χ2n) is 13.9. The van der Waals surface area contributed by atoms with Crippen molar-refractivity contribution >= 4 is 34.6 Å². The van der Waals surface area contributed by atoms with Gasteiger partial charge in [-0.15, -0.1) is 0 Å². The van der Waals surface area contributed by atoms with Crippen molar-refractivity contribution in [3.8, 4) is 0 Å². The van der Waals surface area contributed by atoms with E-state index in [0.29, 0.717) is 24.1 Å². The number of aryl methyl sites for hydroxylation is 1. The molecule has 5 atom stereocenters. The Hall–Kier alpha value is -5.35. The van der Waals surface area contributed by atoms with E-state index in [1.54, 1.807) is 27.7 Å². The topological polar surface area (TPSA) is 168 Å². The molecule has 4 aromatic rings. The number of hydrogen-bond acceptors (Lipinski definition) is 8. The number of alkyl halides is 3. The van der Waals surface area contributed by atoms with E-state index < -0.39 is 82.6 Å². The van der Waals surface area contributed by atoms with Gasteiger partial charge >= 0.3 is 12.1 Å². The first-order chi connectivity index (χ1) is 26.0. The maximum Gasteiger partial charge on any atom is 0.418 e. The maximum atomic E-state index is 14.7. The number of nitrogens with one attached hydrogen (secondary N) is 4. The molecule has 0 radical (unpaired) electrons. The third kappa shape index (κ3) is 8.65. The summed E-state index contributed by atoms with van der Waals surface area (Å²) in [5.41, 5.74) is -2.52. The minimum Gasteiger partial charge on any atom is -0.460 e. The van der Waals surface area contributed by atoms with Crippen LogP contribution in [0.5, 0.6) is 0 Å². The van der Waals surface area contributed by atoms with Gasteiger partial charge in [0.15, 0.2) is 0 Å². The van der Waals surface area contributed by atoms with Crippen molar-refractivity contribution in [3.63, 3.8) is 0 Å². The number of rotatable bonds is 14. The Morgan fingerprint density at radius 2 is 1.65 bits per heavy atom. The third-order valence-corrected chi connectivity index (χ3v) is 10.3. The lowest BCUT2D eigenvalue weighted by Crippen LogP contribution is -2.65. The monoisotopic (exact) mass is 774 g/mol. The van der Waals surface area contributed by atoms with E-state index in [1.807, 2.05) is 6.92 Å². The molecule has 4 unspecified atom stereocenters. The van der Waals surface area contributed by atoms with E-state index in [1.165, 1.54) is 12.1 Å². The van der Waals surface area contributed by atoms with Gasteiger partial charge in [0.2, 0.25) is 23.6 Å². The van der Waals surface area contributed by atoms with E-state index in [4.69, 9.17) is 9.26 Å². The minimum atomic E-state index is -4.68. The second-order valence-corrected chi connectivity index (χ2v) is 13.9. The van der Waals surface area contributed by atoms with Crippen LogP contribution in [0.1, 0.15) is 98.8 Å². The highest BCUT2D eigenvalue weighted by Gasteiger charge is 2.47. The first-order valence-corrected chi connectivity index (χ1v) is 18.1. The molecule has 1 aliphatic carbocycles. The zero-order valence-corrected chi connectivity index (χ0v) is 31.0. The lowest BCUT2D eigenvalue weighted by molar-refractivity contribution is -0.137. The number of carbonyl (C=O) groups is 4. The molecular formula is C38H43F5N6O6. The first-order valence-electron chi connectivity index (χ1n) is 18.1. The van der Waals surface area contributed by atoms with Crippen LogP contribution in [0.2, 0.25) is 0 Å². The van der Waals surface area contributed by atoms with E-state index >= 15 is 0 Å². The van der Waals surface area contributed by atoms with Crippen molar-refractivity contribution in [1.82, 2.24) is 31.1 Å². The smallest absolute Gasteiger partial charge is 0.418 e.